The zero-order chi connectivity index (χ0) is 22.5. The van der Waals surface area contributed by atoms with E-state index in [1.807, 2.05) is 0 Å². The van der Waals surface area contributed by atoms with Gasteiger partial charge in [0.25, 0.3) is 0 Å². The third-order valence-electron chi connectivity index (χ3n) is 4.56. The van der Waals surface area contributed by atoms with Crippen LogP contribution >= 0.6 is 0 Å². The molecular formula is C19H14F9NO. The van der Waals surface area contributed by atoms with Gasteiger partial charge in [-0.15, -0.1) is 0 Å². The van der Waals surface area contributed by atoms with Gasteiger partial charge in [0, 0.05) is 18.5 Å². The highest BCUT2D eigenvalue weighted by atomic mass is 19.4. The quantitative estimate of drug-likeness (QED) is 0.594. The molecule has 1 aliphatic heterocycles. The molecule has 0 saturated heterocycles. The SMILES string of the molecule is CNCC1Cc2cc(C(F)(F)F)cc(-c3cc(C(F)(F)F)cc(C(F)(F)F)c3)c2O1. The van der Waals surface area contributed by atoms with Crippen LogP contribution in [0.5, 0.6) is 5.75 Å². The van der Waals surface area contributed by atoms with E-state index in [2.05, 4.69) is 5.32 Å². The number of nitrogens with one attached hydrogen (secondary N) is 1. The Bertz CT molecular complexity index is 912. The number of hydrogen-bond donors (Lipinski definition) is 1. The molecule has 0 spiro atoms. The van der Waals surface area contributed by atoms with Crippen molar-refractivity contribution in [2.75, 3.05) is 13.6 Å². The summed E-state index contributed by atoms with van der Waals surface area (Å²) in [6.07, 6.45) is -15.7. The average molecular weight is 443 g/mol. The fourth-order valence-corrected chi connectivity index (χ4v) is 3.26. The summed E-state index contributed by atoms with van der Waals surface area (Å²) in [5.41, 5.74) is -5.51. The summed E-state index contributed by atoms with van der Waals surface area (Å²) >= 11 is 0. The number of halogens is 9. The zero-order valence-corrected chi connectivity index (χ0v) is 15.2. The molecule has 164 valence electrons. The van der Waals surface area contributed by atoms with Crippen molar-refractivity contribution in [1.29, 1.82) is 0 Å². The molecule has 1 atom stereocenters. The highest BCUT2D eigenvalue weighted by Crippen LogP contribution is 2.46. The number of hydrogen-bond acceptors (Lipinski definition) is 2. The van der Waals surface area contributed by atoms with Crippen LogP contribution in [0.2, 0.25) is 0 Å². The molecular weight excluding hydrogens is 429 g/mol. The van der Waals surface area contributed by atoms with Gasteiger partial charge in [0.1, 0.15) is 11.9 Å². The molecule has 1 N–H and O–H groups in total. The fraction of sp³-hybridized carbons (Fsp3) is 0.368. The predicted molar refractivity (Wildman–Crippen MR) is 88.9 cm³/mol. The summed E-state index contributed by atoms with van der Waals surface area (Å²) < 4.78 is 125. The van der Waals surface area contributed by atoms with Crippen molar-refractivity contribution in [3.63, 3.8) is 0 Å². The maximum atomic E-state index is 13.3. The Morgan fingerprint density at radius 1 is 0.800 bits per heavy atom. The first-order chi connectivity index (χ1) is 13.7. The molecule has 30 heavy (non-hydrogen) atoms. The van der Waals surface area contributed by atoms with Crippen LogP contribution in [0.25, 0.3) is 11.1 Å². The molecule has 0 aromatic heterocycles. The summed E-state index contributed by atoms with van der Waals surface area (Å²) in [5.74, 6) is -0.157. The van der Waals surface area contributed by atoms with Gasteiger partial charge in [0.05, 0.1) is 16.7 Å². The van der Waals surface area contributed by atoms with Gasteiger partial charge in [-0.25, -0.2) is 0 Å². The van der Waals surface area contributed by atoms with E-state index in [1.165, 1.54) is 0 Å². The fourth-order valence-electron chi connectivity index (χ4n) is 3.26. The minimum Gasteiger partial charge on any atom is -0.488 e. The minimum absolute atomic E-state index is 0.0260. The second-order valence-corrected chi connectivity index (χ2v) is 6.81. The van der Waals surface area contributed by atoms with E-state index in [9.17, 15) is 39.5 Å². The third kappa shape index (κ3) is 4.50. The first kappa shape index (κ1) is 22.3. The summed E-state index contributed by atoms with van der Waals surface area (Å²) in [7, 11) is 1.57. The number of alkyl halides is 9. The Morgan fingerprint density at radius 2 is 1.30 bits per heavy atom. The average Bonchev–Trinajstić information content (AvgIpc) is 3.01. The van der Waals surface area contributed by atoms with Crippen molar-refractivity contribution in [3.05, 3.63) is 52.6 Å². The Kier molecular flexibility index (Phi) is 5.46. The molecule has 2 nitrogen and oxygen atoms in total. The Balaban J connectivity index is 2.26. The molecule has 0 fully saturated rings. The van der Waals surface area contributed by atoms with Gasteiger partial charge in [0.2, 0.25) is 0 Å². The molecule has 0 saturated carbocycles. The second kappa shape index (κ2) is 7.36. The molecule has 0 amide bonds. The van der Waals surface area contributed by atoms with E-state index >= 15 is 0 Å². The van der Waals surface area contributed by atoms with Gasteiger partial charge < -0.3 is 10.1 Å². The topological polar surface area (TPSA) is 21.3 Å². The van der Waals surface area contributed by atoms with E-state index in [-0.39, 0.29) is 30.3 Å². The van der Waals surface area contributed by atoms with Crippen LogP contribution in [0.1, 0.15) is 22.3 Å². The lowest BCUT2D eigenvalue weighted by molar-refractivity contribution is -0.143. The van der Waals surface area contributed by atoms with E-state index in [0.717, 1.165) is 6.07 Å². The monoisotopic (exact) mass is 443 g/mol. The molecule has 2 aromatic rings. The van der Waals surface area contributed by atoms with Gasteiger partial charge in [0.15, 0.2) is 0 Å². The van der Waals surface area contributed by atoms with Gasteiger partial charge in [-0.05, 0) is 48.5 Å². The largest absolute Gasteiger partial charge is 0.488 e. The van der Waals surface area contributed by atoms with Crippen molar-refractivity contribution in [2.45, 2.75) is 31.1 Å². The van der Waals surface area contributed by atoms with Crippen LogP contribution in [0.3, 0.4) is 0 Å². The highest BCUT2D eigenvalue weighted by molar-refractivity contribution is 5.75. The summed E-state index contributed by atoms with van der Waals surface area (Å²) in [5, 5.41) is 2.76. The van der Waals surface area contributed by atoms with Crippen LogP contribution in [0.4, 0.5) is 39.5 Å². The van der Waals surface area contributed by atoms with E-state index in [4.69, 9.17) is 4.74 Å². The normalized spacial score (nSPS) is 17.1. The van der Waals surface area contributed by atoms with Crippen molar-refractivity contribution in [3.8, 4) is 16.9 Å². The van der Waals surface area contributed by atoms with Crippen molar-refractivity contribution >= 4 is 0 Å². The van der Waals surface area contributed by atoms with Gasteiger partial charge in [-0.1, -0.05) is 0 Å². The molecule has 0 bridgehead atoms. The van der Waals surface area contributed by atoms with Crippen LogP contribution in [-0.2, 0) is 24.9 Å². The van der Waals surface area contributed by atoms with Crippen LogP contribution in [0, 0.1) is 0 Å². The van der Waals surface area contributed by atoms with Crippen LogP contribution in [-0.4, -0.2) is 19.7 Å². The lowest BCUT2D eigenvalue weighted by Crippen LogP contribution is -2.27. The van der Waals surface area contributed by atoms with Crippen molar-refractivity contribution in [2.24, 2.45) is 0 Å². The first-order valence-electron chi connectivity index (χ1n) is 8.55. The molecule has 2 aromatic carbocycles. The van der Waals surface area contributed by atoms with Crippen LogP contribution < -0.4 is 10.1 Å². The zero-order valence-electron chi connectivity index (χ0n) is 15.2. The van der Waals surface area contributed by atoms with Gasteiger partial charge in [-0.3, -0.25) is 0 Å². The number of fused-ring (bicyclic) bond motifs is 1. The van der Waals surface area contributed by atoms with Crippen LogP contribution in [0.15, 0.2) is 30.3 Å². The summed E-state index contributed by atoms with van der Waals surface area (Å²) in [4.78, 5) is 0. The summed E-state index contributed by atoms with van der Waals surface area (Å²) in [6, 6.07) is 2.00. The third-order valence-corrected chi connectivity index (χ3v) is 4.56. The number of ether oxygens (including phenoxy) is 1. The second-order valence-electron chi connectivity index (χ2n) is 6.81. The maximum Gasteiger partial charge on any atom is 0.416 e. The molecule has 1 unspecified atom stereocenters. The molecule has 0 radical (unpaired) electrons. The molecule has 0 aliphatic carbocycles. The lowest BCUT2D eigenvalue weighted by atomic mass is 9.94. The number of likely N-dealkylation sites (N-methyl/N-ethyl adjacent to an activating group) is 1. The maximum absolute atomic E-state index is 13.3. The van der Waals surface area contributed by atoms with Crippen molar-refractivity contribution in [1.82, 2.24) is 5.32 Å². The van der Waals surface area contributed by atoms with Gasteiger partial charge in [-0.2, -0.15) is 39.5 Å². The Morgan fingerprint density at radius 3 is 1.77 bits per heavy atom. The number of rotatable bonds is 3. The van der Waals surface area contributed by atoms with E-state index in [0.29, 0.717) is 18.2 Å². The minimum atomic E-state index is -5.13. The summed E-state index contributed by atoms with van der Waals surface area (Å²) in [6.45, 7) is 0.228. The molecule has 3 rings (SSSR count). The Labute approximate surface area is 164 Å². The van der Waals surface area contributed by atoms with E-state index in [1.54, 1.807) is 7.05 Å². The first-order valence-corrected chi connectivity index (χ1v) is 8.55. The lowest BCUT2D eigenvalue weighted by Gasteiger charge is -2.18. The molecule has 1 aliphatic rings. The highest BCUT2D eigenvalue weighted by Gasteiger charge is 2.39. The van der Waals surface area contributed by atoms with Gasteiger partial charge >= 0.3 is 18.5 Å². The predicted octanol–water partition coefficient (Wildman–Crippen LogP) is 5.93. The van der Waals surface area contributed by atoms with E-state index < -0.39 is 52.5 Å². The van der Waals surface area contributed by atoms with Crippen molar-refractivity contribution < 1.29 is 44.3 Å². The smallest absolute Gasteiger partial charge is 0.416 e. The Hall–Kier alpha value is -2.43. The molecule has 11 heteroatoms. The standard InChI is InChI=1S/C19H14F9NO/c1-29-8-14-5-10-4-13(19(26,27)28)7-15(16(10)30-14)9-2-11(17(20,21)22)6-12(3-9)18(23,24)25/h2-4,6-7,14,29H,5,8H2,1H3. The number of benzene rings is 2. The molecule has 1 heterocycles.